The number of ether oxygens (including phenoxy) is 1. The van der Waals surface area contributed by atoms with E-state index in [1.165, 1.54) is 19.3 Å². The molecule has 0 heterocycles. The minimum absolute atomic E-state index is 0.298. The molecule has 0 amide bonds. The Balaban J connectivity index is 3.13. The van der Waals surface area contributed by atoms with E-state index in [0.717, 1.165) is 13.0 Å². The number of hydrogen-bond donors (Lipinski definition) is 2. The largest absolute Gasteiger partial charge is 0.389 e. The van der Waals surface area contributed by atoms with E-state index in [4.69, 9.17) is 10.5 Å². The highest BCUT2D eigenvalue weighted by atomic mass is 16.5. The van der Waals surface area contributed by atoms with Gasteiger partial charge in [0.2, 0.25) is 0 Å². The summed E-state index contributed by atoms with van der Waals surface area (Å²) in [5.41, 5.74) is 4.62. The van der Waals surface area contributed by atoms with Crippen LogP contribution in [0.2, 0.25) is 0 Å². The summed E-state index contributed by atoms with van der Waals surface area (Å²) in [6.45, 7) is 5.65. The van der Waals surface area contributed by atoms with Crippen molar-refractivity contribution >= 4 is 0 Å². The Hall–Kier alpha value is -0.120. The molecule has 3 nitrogen and oxygen atoms in total. The summed E-state index contributed by atoms with van der Waals surface area (Å²) < 4.78 is 5.40. The zero-order valence-corrected chi connectivity index (χ0v) is 9.59. The molecule has 0 rings (SSSR count). The number of aliphatic hydroxyl groups is 1. The summed E-state index contributed by atoms with van der Waals surface area (Å²) in [7, 11) is 0. The molecule has 0 bridgehead atoms. The summed E-state index contributed by atoms with van der Waals surface area (Å²) in [4.78, 5) is 0. The molecule has 3 N–H and O–H groups in total. The van der Waals surface area contributed by atoms with Crippen molar-refractivity contribution in [1.29, 1.82) is 0 Å². The molecule has 0 spiro atoms. The quantitative estimate of drug-likeness (QED) is 0.561. The van der Waals surface area contributed by atoms with Crippen molar-refractivity contribution in [2.45, 2.75) is 51.6 Å². The molecule has 0 aromatic heterocycles. The van der Waals surface area contributed by atoms with Gasteiger partial charge in [-0.1, -0.05) is 26.2 Å². The second kappa shape index (κ2) is 8.21. The maximum atomic E-state index is 9.56. The molecule has 0 fully saturated rings. The Morgan fingerprint density at radius 2 is 1.93 bits per heavy atom. The lowest BCUT2D eigenvalue weighted by atomic mass is 10.0. The van der Waals surface area contributed by atoms with Crippen LogP contribution < -0.4 is 5.73 Å². The van der Waals surface area contributed by atoms with Crippen LogP contribution in [0, 0.1) is 0 Å². The minimum Gasteiger partial charge on any atom is -0.389 e. The van der Waals surface area contributed by atoms with Crippen LogP contribution in [0.3, 0.4) is 0 Å². The molecule has 0 aliphatic carbocycles. The second-order valence-electron chi connectivity index (χ2n) is 4.12. The molecular weight excluding hydrogens is 178 g/mol. The monoisotopic (exact) mass is 203 g/mol. The third kappa shape index (κ3) is 8.48. The standard InChI is InChI=1S/C11H25NO2/c1-3-4-5-6-8-14-9-7-11(2,13)10-12/h13H,3-10,12H2,1-2H3. The van der Waals surface area contributed by atoms with E-state index in [2.05, 4.69) is 6.92 Å². The van der Waals surface area contributed by atoms with Gasteiger partial charge in [-0.15, -0.1) is 0 Å². The first kappa shape index (κ1) is 13.9. The Morgan fingerprint density at radius 1 is 1.21 bits per heavy atom. The fourth-order valence-corrected chi connectivity index (χ4v) is 1.13. The van der Waals surface area contributed by atoms with Gasteiger partial charge in [-0.3, -0.25) is 0 Å². The van der Waals surface area contributed by atoms with Crippen molar-refractivity contribution < 1.29 is 9.84 Å². The van der Waals surface area contributed by atoms with Gasteiger partial charge in [-0.25, -0.2) is 0 Å². The van der Waals surface area contributed by atoms with Crippen molar-refractivity contribution in [3.05, 3.63) is 0 Å². The van der Waals surface area contributed by atoms with Gasteiger partial charge in [0.25, 0.3) is 0 Å². The SMILES string of the molecule is CCCCCCOCCC(C)(O)CN. The molecule has 14 heavy (non-hydrogen) atoms. The zero-order chi connectivity index (χ0) is 10.9. The van der Waals surface area contributed by atoms with Gasteiger partial charge in [0.05, 0.1) is 5.60 Å². The van der Waals surface area contributed by atoms with Gasteiger partial charge in [0.15, 0.2) is 0 Å². The van der Waals surface area contributed by atoms with E-state index in [0.29, 0.717) is 19.6 Å². The first-order chi connectivity index (χ1) is 6.62. The number of rotatable bonds is 9. The molecule has 0 aliphatic rings. The van der Waals surface area contributed by atoms with E-state index in [-0.39, 0.29) is 0 Å². The van der Waals surface area contributed by atoms with Crippen molar-refractivity contribution in [1.82, 2.24) is 0 Å². The Labute approximate surface area is 87.6 Å². The predicted molar refractivity (Wildman–Crippen MR) is 59.3 cm³/mol. The maximum absolute atomic E-state index is 9.56. The molecule has 3 heteroatoms. The smallest absolute Gasteiger partial charge is 0.0763 e. The highest BCUT2D eigenvalue weighted by Gasteiger charge is 2.16. The van der Waals surface area contributed by atoms with Gasteiger partial charge in [0.1, 0.15) is 0 Å². The fraction of sp³-hybridized carbons (Fsp3) is 1.00. The molecular formula is C11H25NO2. The van der Waals surface area contributed by atoms with E-state index >= 15 is 0 Å². The van der Waals surface area contributed by atoms with Gasteiger partial charge in [-0.05, 0) is 13.3 Å². The first-order valence-electron chi connectivity index (χ1n) is 5.62. The lowest BCUT2D eigenvalue weighted by Gasteiger charge is -2.20. The Kier molecular flexibility index (Phi) is 8.14. The van der Waals surface area contributed by atoms with Crippen LogP contribution in [0.15, 0.2) is 0 Å². The summed E-state index contributed by atoms with van der Waals surface area (Å²) in [5, 5.41) is 9.56. The average Bonchev–Trinajstić information content (AvgIpc) is 2.16. The third-order valence-electron chi connectivity index (χ3n) is 2.37. The van der Waals surface area contributed by atoms with E-state index in [1.807, 2.05) is 0 Å². The summed E-state index contributed by atoms with van der Waals surface area (Å²) in [5.74, 6) is 0. The molecule has 0 aliphatic heterocycles. The van der Waals surface area contributed by atoms with Crippen LogP contribution in [0.4, 0.5) is 0 Å². The van der Waals surface area contributed by atoms with Gasteiger partial charge >= 0.3 is 0 Å². The lowest BCUT2D eigenvalue weighted by molar-refractivity contribution is 0.0202. The zero-order valence-electron chi connectivity index (χ0n) is 9.59. The predicted octanol–water partition coefficient (Wildman–Crippen LogP) is 1.68. The summed E-state index contributed by atoms with van der Waals surface area (Å²) in [6.07, 6.45) is 5.52. The molecule has 86 valence electrons. The van der Waals surface area contributed by atoms with Crippen molar-refractivity contribution in [3.63, 3.8) is 0 Å². The molecule has 1 atom stereocenters. The highest BCUT2D eigenvalue weighted by molar-refractivity contribution is 4.72. The van der Waals surface area contributed by atoms with Gasteiger partial charge in [-0.2, -0.15) is 0 Å². The maximum Gasteiger partial charge on any atom is 0.0763 e. The highest BCUT2D eigenvalue weighted by Crippen LogP contribution is 2.07. The van der Waals surface area contributed by atoms with E-state index < -0.39 is 5.60 Å². The third-order valence-corrected chi connectivity index (χ3v) is 2.37. The summed E-state index contributed by atoms with van der Waals surface area (Å²) in [6, 6.07) is 0. The van der Waals surface area contributed by atoms with Crippen LogP contribution in [0.25, 0.3) is 0 Å². The molecule has 0 saturated carbocycles. The van der Waals surface area contributed by atoms with E-state index in [1.54, 1.807) is 6.92 Å². The molecule has 0 aromatic rings. The normalized spacial score (nSPS) is 15.4. The van der Waals surface area contributed by atoms with Crippen LogP contribution in [0.5, 0.6) is 0 Å². The molecule has 0 saturated heterocycles. The van der Waals surface area contributed by atoms with Gasteiger partial charge in [0, 0.05) is 26.2 Å². The Morgan fingerprint density at radius 3 is 2.50 bits per heavy atom. The molecule has 0 aromatic carbocycles. The van der Waals surface area contributed by atoms with E-state index in [9.17, 15) is 5.11 Å². The van der Waals surface area contributed by atoms with Crippen molar-refractivity contribution in [3.8, 4) is 0 Å². The first-order valence-corrected chi connectivity index (χ1v) is 5.62. The van der Waals surface area contributed by atoms with Crippen molar-refractivity contribution in [2.24, 2.45) is 5.73 Å². The van der Waals surface area contributed by atoms with Crippen LogP contribution in [-0.2, 0) is 4.74 Å². The number of hydrogen-bond acceptors (Lipinski definition) is 3. The van der Waals surface area contributed by atoms with Gasteiger partial charge < -0.3 is 15.6 Å². The van der Waals surface area contributed by atoms with Crippen LogP contribution in [0.1, 0.15) is 46.0 Å². The minimum atomic E-state index is -0.760. The molecule has 0 radical (unpaired) electrons. The van der Waals surface area contributed by atoms with Crippen LogP contribution in [-0.4, -0.2) is 30.5 Å². The molecule has 1 unspecified atom stereocenters. The second-order valence-corrected chi connectivity index (χ2v) is 4.12. The van der Waals surface area contributed by atoms with Crippen LogP contribution >= 0.6 is 0 Å². The average molecular weight is 203 g/mol. The fourth-order valence-electron chi connectivity index (χ4n) is 1.13. The van der Waals surface area contributed by atoms with Crippen molar-refractivity contribution in [2.75, 3.05) is 19.8 Å². The number of unbranched alkanes of at least 4 members (excludes halogenated alkanes) is 3. The lowest BCUT2D eigenvalue weighted by Crippen LogP contribution is -2.35. The Bertz CT molecular complexity index is 126. The number of nitrogens with two attached hydrogens (primary N) is 1. The topological polar surface area (TPSA) is 55.5 Å². The summed E-state index contributed by atoms with van der Waals surface area (Å²) >= 11 is 0.